The van der Waals surface area contributed by atoms with Crippen molar-refractivity contribution in [1.29, 1.82) is 5.26 Å². The Hall–Kier alpha value is -2.55. The van der Waals surface area contributed by atoms with E-state index >= 15 is 0 Å². The lowest BCUT2D eigenvalue weighted by atomic mass is 9.87. The summed E-state index contributed by atoms with van der Waals surface area (Å²) in [6.07, 6.45) is 0. The van der Waals surface area contributed by atoms with E-state index in [1.807, 2.05) is 6.07 Å². The van der Waals surface area contributed by atoms with E-state index in [4.69, 9.17) is 5.26 Å². The van der Waals surface area contributed by atoms with Gasteiger partial charge in [-0.2, -0.15) is 5.26 Å². The van der Waals surface area contributed by atoms with E-state index in [-0.39, 0.29) is 0 Å². The SMILES string of the molecule is CN(C(=O)NC(C(=O)O)C(C)(C)C)c1ccc(C#N)cc1. The average molecular weight is 289 g/mol. The standard InChI is InChI=1S/C15H19N3O3/c1-15(2,3)12(13(19)20)17-14(21)18(4)11-7-5-10(9-16)6-8-11/h5-8,12H,1-4H3,(H,17,21)(H,19,20). The van der Waals surface area contributed by atoms with Crippen LogP contribution in [0.15, 0.2) is 24.3 Å². The van der Waals surface area contributed by atoms with Crippen LogP contribution < -0.4 is 10.2 Å². The number of aliphatic carboxylic acids is 1. The van der Waals surface area contributed by atoms with Crippen molar-refractivity contribution in [2.75, 3.05) is 11.9 Å². The molecule has 0 heterocycles. The smallest absolute Gasteiger partial charge is 0.326 e. The molecule has 0 saturated heterocycles. The molecule has 21 heavy (non-hydrogen) atoms. The first kappa shape index (κ1) is 16.5. The molecule has 0 saturated carbocycles. The van der Waals surface area contributed by atoms with Gasteiger partial charge in [-0.1, -0.05) is 20.8 Å². The zero-order valence-corrected chi connectivity index (χ0v) is 12.5. The number of benzene rings is 1. The Morgan fingerprint density at radius 1 is 1.29 bits per heavy atom. The molecular weight excluding hydrogens is 270 g/mol. The van der Waals surface area contributed by atoms with Crippen molar-refractivity contribution < 1.29 is 14.7 Å². The van der Waals surface area contributed by atoms with Gasteiger partial charge in [0.15, 0.2) is 0 Å². The third-order valence-corrected chi connectivity index (χ3v) is 3.07. The minimum Gasteiger partial charge on any atom is -0.480 e. The summed E-state index contributed by atoms with van der Waals surface area (Å²) in [6, 6.07) is 6.94. The molecule has 0 radical (unpaired) electrons. The molecule has 0 aliphatic carbocycles. The van der Waals surface area contributed by atoms with E-state index in [2.05, 4.69) is 5.32 Å². The number of carbonyl (C=O) groups is 2. The van der Waals surface area contributed by atoms with E-state index in [1.54, 1.807) is 45.0 Å². The molecule has 1 unspecified atom stereocenters. The van der Waals surface area contributed by atoms with E-state index in [1.165, 1.54) is 11.9 Å². The maximum Gasteiger partial charge on any atom is 0.326 e. The molecule has 2 amide bonds. The van der Waals surface area contributed by atoms with Crippen LogP contribution in [-0.2, 0) is 4.79 Å². The number of hydrogen-bond donors (Lipinski definition) is 2. The third kappa shape index (κ3) is 4.21. The monoisotopic (exact) mass is 289 g/mol. The van der Waals surface area contributed by atoms with Gasteiger partial charge in [-0.05, 0) is 29.7 Å². The van der Waals surface area contributed by atoms with Crippen LogP contribution in [0.5, 0.6) is 0 Å². The first-order chi connectivity index (χ1) is 9.66. The molecule has 0 bridgehead atoms. The number of carbonyl (C=O) groups excluding carboxylic acids is 1. The fraction of sp³-hybridized carbons (Fsp3) is 0.400. The molecule has 112 valence electrons. The van der Waals surface area contributed by atoms with Crippen LogP contribution in [0.25, 0.3) is 0 Å². The van der Waals surface area contributed by atoms with Crippen molar-refractivity contribution in [3.63, 3.8) is 0 Å². The first-order valence-electron chi connectivity index (χ1n) is 6.44. The Bertz CT molecular complexity index is 567. The van der Waals surface area contributed by atoms with Crippen molar-refractivity contribution in [2.24, 2.45) is 5.41 Å². The van der Waals surface area contributed by atoms with Crippen LogP contribution in [0.3, 0.4) is 0 Å². The van der Waals surface area contributed by atoms with Gasteiger partial charge < -0.3 is 10.4 Å². The molecule has 2 N–H and O–H groups in total. The highest BCUT2D eigenvalue weighted by atomic mass is 16.4. The molecule has 1 rings (SSSR count). The predicted molar refractivity (Wildman–Crippen MR) is 79.0 cm³/mol. The highest BCUT2D eigenvalue weighted by Gasteiger charge is 2.33. The summed E-state index contributed by atoms with van der Waals surface area (Å²) in [5.41, 5.74) is 0.461. The Morgan fingerprint density at radius 3 is 2.19 bits per heavy atom. The second-order valence-electron chi connectivity index (χ2n) is 5.80. The Morgan fingerprint density at radius 2 is 1.81 bits per heavy atom. The zero-order chi connectivity index (χ0) is 16.2. The summed E-state index contributed by atoms with van der Waals surface area (Å²) in [4.78, 5) is 24.7. The summed E-state index contributed by atoms with van der Waals surface area (Å²) >= 11 is 0. The number of nitrogens with one attached hydrogen (secondary N) is 1. The lowest BCUT2D eigenvalue weighted by molar-refractivity contribution is -0.141. The number of nitriles is 1. The van der Waals surface area contributed by atoms with Crippen molar-refractivity contribution in [3.05, 3.63) is 29.8 Å². The first-order valence-corrected chi connectivity index (χ1v) is 6.44. The van der Waals surface area contributed by atoms with Gasteiger partial charge in [0, 0.05) is 12.7 Å². The topological polar surface area (TPSA) is 93.4 Å². The summed E-state index contributed by atoms with van der Waals surface area (Å²) < 4.78 is 0. The summed E-state index contributed by atoms with van der Waals surface area (Å²) in [5, 5.41) is 20.5. The van der Waals surface area contributed by atoms with Gasteiger partial charge in [-0.15, -0.1) is 0 Å². The Kier molecular flexibility index (Phi) is 4.93. The summed E-state index contributed by atoms with van der Waals surface area (Å²) in [6.45, 7) is 5.23. The number of hydrogen-bond acceptors (Lipinski definition) is 3. The van der Waals surface area contributed by atoms with Crippen LogP contribution in [0.4, 0.5) is 10.5 Å². The number of urea groups is 1. The Labute approximate surface area is 124 Å². The molecule has 0 spiro atoms. The van der Waals surface area contributed by atoms with E-state index in [9.17, 15) is 14.7 Å². The summed E-state index contributed by atoms with van der Waals surface area (Å²) in [5.74, 6) is -1.08. The number of anilines is 1. The molecule has 0 aliphatic heterocycles. The highest BCUT2D eigenvalue weighted by Crippen LogP contribution is 2.20. The van der Waals surface area contributed by atoms with Gasteiger partial charge in [0.2, 0.25) is 0 Å². The van der Waals surface area contributed by atoms with Gasteiger partial charge in [0.05, 0.1) is 11.6 Å². The second kappa shape index (κ2) is 6.27. The minimum atomic E-state index is -1.08. The fourth-order valence-corrected chi connectivity index (χ4v) is 1.75. The molecule has 1 aromatic carbocycles. The quantitative estimate of drug-likeness (QED) is 0.892. The molecule has 0 aliphatic rings. The maximum atomic E-state index is 12.1. The van der Waals surface area contributed by atoms with Crippen LogP contribution >= 0.6 is 0 Å². The second-order valence-corrected chi connectivity index (χ2v) is 5.80. The van der Waals surface area contributed by atoms with Gasteiger partial charge in [0.25, 0.3) is 0 Å². The largest absolute Gasteiger partial charge is 0.480 e. The molecule has 0 aromatic heterocycles. The van der Waals surface area contributed by atoms with E-state index < -0.39 is 23.5 Å². The lowest BCUT2D eigenvalue weighted by Gasteiger charge is -2.29. The predicted octanol–water partition coefficient (Wildman–Crippen LogP) is 2.20. The molecular formula is C15H19N3O3. The highest BCUT2D eigenvalue weighted by molar-refractivity contribution is 5.94. The van der Waals surface area contributed by atoms with Crippen molar-refractivity contribution in [3.8, 4) is 6.07 Å². The molecule has 6 nitrogen and oxygen atoms in total. The number of rotatable bonds is 3. The van der Waals surface area contributed by atoms with Crippen molar-refractivity contribution in [1.82, 2.24) is 5.32 Å². The van der Waals surface area contributed by atoms with Crippen LogP contribution in [-0.4, -0.2) is 30.2 Å². The number of carboxylic acids is 1. The molecule has 6 heteroatoms. The number of amides is 2. The van der Waals surface area contributed by atoms with Crippen molar-refractivity contribution >= 4 is 17.7 Å². The normalized spacial score (nSPS) is 12.1. The maximum absolute atomic E-state index is 12.1. The number of nitrogens with zero attached hydrogens (tertiary/aromatic N) is 2. The lowest BCUT2D eigenvalue weighted by Crippen LogP contribution is -2.52. The molecule has 1 atom stereocenters. The van der Waals surface area contributed by atoms with Crippen molar-refractivity contribution in [2.45, 2.75) is 26.8 Å². The van der Waals surface area contributed by atoms with Gasteiger partial charge in [-0.25, -0.2) is 9.59 Å². The van der Waals surface area contributed by atoms with Gasteiger partial charge >= 0.3 is 12.0 Å². The van der Waals surface area contributed by atoms with Gasteiger partial charge in [-0.3, -0.25) is 4.90 Å². The van der Waals surface area contributed by atoms with Crippen LogP contribution in [0, 0.1) is 16.7 Å². The van der Waals surface area contributed by atoms with Crippen LogP contribution in [0.2, 0.25) is 0 Å². The summed E-state index contributed by atoms with van der Waals surface area (Å²) in [7, 11) is 1.54. The average Bonchev–Trinajstić information content (AvgIpc) is 2.42. The number of carboxylic acid groups (broad SMARTS) is 1. The van der Waals surface area contributed by atoms with E-state index in [0.29, 0.717) is 11.3 Å². The molecule has 1 aromatic rings. The zero-order valence-electron chi connectivity index (χ0n) is 12.5. The minimum absolute atomic E-state index is 0.491. The van der Waals surface area contributed by atoms with Crippen LogP contribution in [0.1, 0.15) is 26.3 Å². The van der Waals surface area contributed by atoms with E-state index in [0.717, 1.165) is 0 Å². The van der Waals surface area contributed by atoms with Gasteiger partial charge in [0.1, 0.15) is 6.04 Å². The Balaban J connectivity index is 2.87. The molecule has 0 fully saturated rings. The third-order valence-electron chi connectivity index (χ3n) is 3.07. The fourth-order valence-electron chi connectivity index (χ4n) is 1.75.